The number of rotatable bonds is 4. The Bertz CT molecular complexity index is 79.3. The Balaban J connectivity index is 0. The molecule has 0 radical (unpaired) electrons. The van der Waals surface area contributed by atoms with Gasteiger partial charge in [0.15, 0.2) is 0 Å². The van der Waals surface area contributed by atoms with E-state index in [-0.39, 0.29) is 17.7 Å². The molecule has 0 spiro atoms. The third-order valence-corrected chi connectivity index (χ3v) is 3.00. The van der Waals surface area contributed by atoms with E-state index in [4.69, 9.17) is 0 Å². The molecule has 11 heavy (non-hydrogen) atoms. The van der Waals surface area contributed by atoms with E-state index in [9.17, 15) is 5.11 Å². The van der Waals surface area contributed by atoms with E-state index in [1.165, 1.54) is 0 Å². The second kappa shape index (κ2) is 5.56. The summed E-state index contributed by atoms with van der Waals surface area (Å²) in [5, 5.41) is 9.46. The summed E-state index contributed by atoms with van der Waals surface area (Å²) in [5.74, 6) is 0. The highest BCUT2D eigenvalue weighted by molar-refractivity contribution is 4.79. The van der Waals surface area contributed by atoms with Gasteiger partial charge < -0.3 is 11.3 Å². The molecule has 0 saturated carbocycles. The van der Waals surface area contributed by atoms with Crippen molar-refractivity contribution in [2.75, 3.05) is 0 Å². The van der Waals surface area contributed by atoms with Crippen molar-refractivity contribution in [2.24, 2.45) is 5.41 Å². The lowest BCUT2D eigenvalue weighted by atomic mass is 9.75. The predicted octanol–water partition coefficient (Wildman–Crippen LogP) is 2.75. The minimum Gasteiger partial charge on any atom is -0.393 e. The lowest BCUT2D eigenvalue weighted by molar-refractivity contribution is 0.0284. The topological polar surface area (TPSA) is 55.2 Å². The van der Waals surface area contributed by atoms with Gasteiger partial charge in [0, 0.05) is 0 Å². The van der Waals surface area contributed by atoms with Crippen LogP contribution in [0.15, 0.2) is 0 Å². The highest BCUT2D eigenvalue weighted by atomic mass is 16.3. The molecule has 2 heteroatoms. The maximum atomic E-state index is 9.46. The van der Waals surface area contributed by atoms with Crippen molar-refractivity contribution >= 4 is 0 Å². The molecule has 2 nitrogen and oxygen atoms in total. The molecule has 1 unspecified atom stereocenters. The summed E-state index contributed by atoms with van der Waals surface area (Å²) in [6.07, 6.45) is 3.08. The lowest BCUT2D eigenvalue weighted by Crippen LogP contribution is -2.30. The van der Waals surface area contributed by atoms with Gasteiger partial charge in [-0.3, -0.25) is 0 Å². The Labute approximate surface area is 70.6 Å². The normalized spacial score (nSPS) is 13.9. The van der Waals surface area contributed by atoms with E-state index >= 15 is 0 Å². The van der Waals surface area contributed by atoms with E-state index in [1.54, 1.807) is 0 Å². The van der Waals surface area contributed by atoms with Crippen molar-refractivity contribution in [1.82, 2.24) is 6.15 Å². The molecular weight excluding hydrogens is 138 g/mol. The average molecular weight is 161 g/mol. The van der Waals surface area contributed by atoms with Gasteiger partial charge in [-0.1, -0.05) is 20.8 Å². The first kappa shape index (κ1) is 13.5. The monoisotopic (exact) mass is 161 g/mol. The molecule has 0 aliphatic carbocycles. The summed E-state index contributed by atoms with van der Waals surface area (Å²) in [4.78, 5) is 0. The Morgan fingerprint density at radius 3 is 1.36 bits per heavy atom. The second-order valence-electron chi connectivity index (χ2n) is 3.10. The molecule has 0 amide bonds. The second-order valence-corrected chi connectivity index (χ2v) is 3.10. The van der Waals surface area contributed by atoms with Crippen LogP contribution in [-0.2, 0) is 0 Å². The van der Waals surface area contributed by atoms with Crippen molar-refractivity contribution in [3.8, 4) is 0 Å². The van der Waals surface area contributed by atoms with E-state index in [2.05, 4.69) is 20.8 Å². The fourth-order valence-electron chi connectivity index (χ4n) is 1.64. The van der Waals surface area contributed by atoms with Gasteiger partial charge in [0.25, 0.3) is 0 Å². The van der Waals surface area contributed by atoms with E-state index < -0.39 is 0 Å². The zero-order chi connectivity index (χ0) is 8.20. The number of aliphatic hydroxyl groups excluding tert-OH is 1. The molecule has 0 aliphatic heterocycles. The van der Waals surface area contributed by atoms with E-state index in [1.807, 2.05) is 6.92 Å². The van der Waals surface area contributed by atoms with Crippen LogP contribution in [0.2, 0.25) is 0 Å². The molecule has 0 aromatic carbocycles. The van der Waals surface area contributed by atoms with Gasteiger partial charge in [0.1, 0.15) is 0 Å². The zero-order valence-electron chi connectivity index (χ0n) is 8.35. The first-order valence-corrected chi connectivity index (χ1v) is 4.31. The standard InChI is InChI=1S/C9H20O.H3N/c1-5-9(6-2,7-3)8(4)10;/h8,10H,5-7H2,1-4H3;1H3. The maximum absolute atomic E-state index is 9.46. The van der Waals surface area contributed by atoms with Gasteiger partial charge in [-0.25, -0.2) is 0 Å². The van der Waals surface area contributed by atoms with Gasteiger partial charge in [-0.15, -0.1) is 0 Å². The molecule has 4 N–H and O–H groups in total. The summed E-state index contributed by atoms with van der Waals surface area (Å²) in [7, 11) is 0. The van der Waals surface area contributed by atoms with Crippen LogP contribution in [0, 0.1) is 5.41 Å². The van der Waals surface area contributed by atoms with Gasteiger partial charge in [-0.2, -0.15) is 0 Å². The van der Waals surface area contributed by atoms with E-state index in [0.717, 1.165) is 19.3 Å². The Morgan fingerprint density at radius 2 is 1.36 bits per heavy atom. The molecule has 0 heterocycles. The Morgan fingerprint density at radius 1 is 1.09 bits per heavy atom. The van der Waals surface area contributed by atoms with Crippen molar-refractivity contribution in [1.29, 1.82) is 0 Å². The largest absolute Gasteiger partial charge is 0.393 e. The van der Waals surface area contributed by atoms with E-state index in [0.29, 0.717) is 0 Å². The molecule has 0 bridgehead atoms. The average Bonchev–Trinajstić information content (AvgIpc) is 1.92. The Kier molecular flexibility index (Phi) is 6.82. The van der Waals surface area contributed by atoms with Crippen LogP contribution in [0.4, 0.5) is 0 Å². The lowest BCUT2D eigenvalue weighted by Gasteiger charge is -2.33. The molecule has 1 atom stereocenters. The molecule has 0 saturated heterocycles. The first-order valence-electron chi connectivity index (χ1n) is 4.31. The zero-order valence-corrected chi connectivity index (χ0v) is 8.35. The molecular formula is C9H23NO. The van der Waals surface area contributed by atoms with Gasteiger partial charge in [0.05, 0.1) is 6.10 Å². The minimum absolute atomic E-state index is 0. The van der Waals surface area contributed by atoms with Crippen LogP contribution in [0.3, 0.4) is 0 Å². The fraction of sp³-hybridized carbons (Fsp3) is 1.00. The summed E-state index contributed by atoms with van der Waals surface area (Å²) in [6, 6.07) is 0. The predicted molar refractivity (Wildman–Crippen MR) is 50.0 cm³/mol. The third kappa shape index (κ3) is 2.80. The van der Waals surface area contributed by atoms with Crippen LogP contribution in [0.25, 0.3) is 0 Å². The molecule has 0 fully saturated rings. The number of hydrogen-bond donors (Lipinski definition) is 2. The van der Waals surface area contributed by atoms with Crippen LogP contribution >= 0.6 is 0 Å². The highest BCUT2D eigenvalue weighted by Gasteiger charge is 2.28. The SMILES string of the molecule is CCC(CC)(CC)C(C)O.N. The maximum Gasteiger partial charge on any atom is 0.0568 e. The highest BCUT2D eigenvalue weighted by Crippen LogP contribution is 2.33. The Hall–Kier alpha value is -0.0800. The number of aliphatic hydroxyl groups is 1. The van der Waals surface area contributed by atoms with Crippen LogP contribution in [0.5, 0.6) is 0 Å². The van der Waals surface area contributed by atoms with Crippen molar-refractivity contribution < 1.29 is 5.11 Å². The van der Waals surface area contributed by atoms with Crippen LogP contribution in [0.1, 0.15) is 47.0 Å². The summed E-state index contributed by atoms with van der Waals surface area (Å²) >= 11 is 0. The number of hydrogen-bond acceptors (Lipinski definition) is 2. The molecule has 70 valence electrons. The summed E-state index contributed by atoms with van der Waals surface area (Å²) in [6.45, 7) is 8.36. The van der Waals surface area contributed by atoms with Crippen molar-refractivity contribution in [3.63, 3.8) is 0 Å². The third-order valence-electron chi connectivity index (χ3n) is 3.00. The van der Waals surface area contributed by atoms with Crippen LogP contribution < -0.4 is 6.15 Å². The summed E-state index contributed by atoms with van der Waals surface area (Å²) in [5.41, 5.74) is 0.181. The van der Waals surface area contributed by atoms with Gasteiger partial charge in [0.2, 0.25) is 0 Å². The summed E-state index contributed by atoms with van der Waals surface area (Å²) < 4.78 is 0. The minimum atomic E-state index is -0.160. The quantitative estimate of drug-likeness (QED) is 0.666. The van der Waals surface area contributed by atoms with Crippen molar-refractivity contribution in [3.05, 3.63) is 0 Å². The molecule has 0 aromatic heterocycles. The molecule has 0 aliphatic rings. The first-order chi connectivity index (χ1) is 4.63. The van der Waals surface area contributed by atoms with Gasteiger partial charge in [-0.05, 0) is 31.6 Å². The smallest absolute Gasteiger partial charge is 0.0568 e. The van der Waals surface area contributed by atoms with Crippen molar-refractivity contribution in [2.45, 2.75) is 53.1 Å². The molecule has 0 aromatic rings. The van der Waals surface area contributed by atoms with Crippen LogP contribution in [-0.4, -0.2) is 11.2 Å². The van der Waals surface area contributed by atoms with Gasteiger partial charge >= 0.3 is 0 Å². The fourth-order valence-corrected chi connectivity index (χ4v) is 1.64. The molecule has 0 rings (SSSR count).